The molecule has 1 N–H and O–H groups in total. The molecule has 3 rings (SSSR count). The van der Waals surface area contributed by atoms with Gasteiger partial charge in [0.1, 0.15) is 5.69 Å². The molecular weight excluding hydrogens is 390 g/mol. The van der Waals surface area contributed by atoms with E-state index in [-0.39, 0.29) is 17.3 Å². The molecule has 0 unspecified atom stereocenters. The number of hydrogen-bond donors (Lipinski definition) is 1. The molecule has 7 nitrogen and oxygen atoms in total. The quantitative estimate of drug-likeness (QED) is 0.424. The summed E-state index contributed by atoms with van der Waals surface area (Å²) < 4.78 is 0. The lowest BCUT2D eigenvalue weighted by Gasteiger charge is -2.19. The first-order valence-corrected chi connectivity index (χ1v) is 10.5. The van der Waals surface area contributed by atoms with Gasteiger partial charge in [-0.15, -0.1) is 11.8 Å². The zero-order valence-electron chi connectivity index (χ0n) is 16.8. The number of amides is 2. The number of thioether (sulfide) groups is 1. The van der Waals surface area contributed by atoms with Crippen molar-refractivity contribution in [3.63, 3.8) is 0 Å². The van der Waals surface area contributed by atoms with Gasteiger partial charge >= 0.3 is 0 Å². The highest BCUT2D eigenvalue weighted by atomic mass is 32.2. The molecule has 0 saturated heterocycles. The Balaban J connectivity index is 2.03. The fourth-order valence-corrected chi connectivity index (χ4v) is 3.91. The second kappa shape index (κ2) is 7.87. The third-order valence-electron chi connectivity index (χ3n) is 5.10. The maximum absolute atomic E-state index is 12.8. The second-order valence-corrected chi connectivity index (χ2v) is 8.29. The van der Waals surface area contributed by atoms with E-state index >= 15 is 0 Å². The number of anilines is 2. The van der Waals surface area contributed by atoms with Gasteiger partial charge in [-0.25, -0.2) is 0 Å². The molecule has 0 radical (unpaired) electrons. The zero-order valence-corrected chi connectivity index (χ0v) is 17.6. The van der Waals surface area contributed by atoms with Gasteiger partial charge < -0.3 is 10.2 Å². The Bertz CT molecular complexity index is 986. The second-order valence-electron chi connectivity index (χ2n) is 7.41. The largest absolute Gasteiger partial charge is 0.316 e. The molecule has 2 amide bonds. The smallest absolute Gasteiger partial charge is 0.294 e. The lowest BCUT2D eigenvalue weighted by molar-refractivity contribution is -0.383. The summed E-state index contributed by atoms with van der Waals surface area (Å²) in [4.78, 5) is 39.3. The monoisotopic (exact) mass is 413 g/mol. The van der Waals surface area contributed by atoms with Gasteiger partial charge in [-0.3, -0.25) is 19.7 Å². The van der Waals surface area contributed by atoms with Crippen LogP contribution in [0.2, 0.25) is 0 Å². The predicted octanol–water partition coefficient (Wildman–Crippen LogP) is 4.60. The van der Waals surface area contributed by atoms with Crippen molar-refractivity contribution < 1.29 is 14.5 Å². The van der Waals surface area contributed by atoms with Crippen LogP contribution in [0.4, 0.5) is 17.1 Å². The minimum Gasteiger partial charge on any atom is -0.316 e. The summed E-state index contributed by atoms with van der Waals surface area (Å²) in [5, 5.41) is 14.3. The Morgan fingerprint density at radius 2 is 1.90 bits per heavy atom. The van der Waals surface area contributed by atoms with Crippen LogP contribution in [0, 0.1) is 10.1 Å². The van der Waals surface area contributed by atoms with Crippen LogP contribution in [0.1, 0.15) is 43.1 Å². The molecule has 0 saturated carbocycles. The van der Waals surface area contributed by atoms with Crippen molar-refractivity contribution in [1.29, 1.82) is 0 Å². The summed E-state index contributed by atoms with van der Waals surface area (Å²) in [5.74, 6) is -0.534. The maximum Gasteiger partial charge on any atom is 0.294 e. The molecule has 0 bridgehead atoms. The molecule has 1 aliphatic rings. The zero-order chi connectivity index (χ0) is 21.3. The average Bonchev–Trinajstić information content (AvgIpc) is 2.88. The molecule has 8 heteroatoms. The Morgan fingerprint density at radius 3 is 2.45 bits per heavy atom. The summed E-state index contributed by atoms with van der Waals surface area (Å²) in [5.41, 5.74) is 0.654. The van der Waals surface area contributed by atoms with E-state index < -0.39 is 16.2 Å². The van der Waals surface area contributed by atoms with Crippen LogP contribution in [-0.2, 0) is 10.2 Å². The van der Waals surface area contributed by atoms with E-state index in [1.54, 1.807) is 48.7 Å². The number of nitrogens with zero attached hydrogens (tertiary/aromatic N) is 2. The highest BCUT2D eigenvalue weighted by Gasteiger charge is 2.45. The Hall–Kier alpha value is -2.87. The van der Waals surface area contributed by atoms with E-state index in [4.69, 9.17) is 0 Å². The van der Waals surface area contributed by atoms with Gasteiger partial charge in [-0.05, 0) is 62.4 Å². The van der Waals surface area contributed by atoms with Crippen molar-refractivity contribution in [3.05, 3.63) is 57.6 Å². The number of benzene rings is 2. The first-order chi connectivity index (χ1) is 13.7. The highest BCUT2D eigenvalue weighted by Crippen LogP contribution is 2.46. The number of fused-ring (bicyclic) bond motifs is 1. The van der Waals surface area contributed by atoms with Gasteiger partial charge in [-0.2, -0.15) is 0 Å². The summed E-state index contributed by atoms with van der Waals surface area (Å²) in [6, 6.07) is 9.95. The van der Waals surface area contributed by atoms with Crippen LogP contribution < -0.4 is 10.2 Å². The van der Waals surface area contributed by atoms with E-state index in [2.05, 4.69) is 5.32 Å². The lowest BCUT2D eigenvalue weighted by Crippen LogP contribution is -2.36. The van der Waals surface area contributed by atoms with Gasteiger partial charge in [0.2, 0.25) is 5.91 Å². The SMILES string of the molecule is CCCN1C(=O)C(C)(C)c2cc(NC(=O)c3ccc(SC)cc3)c([N+](=O)[O-])cc21. The number of carbonyl (C=O) groups excluding carboxylic acids is 2. The molecule has 1 heterocycles. The molecule has 29 heavy (non-hydrogen) atoms. The van der Waals surface area contributed by atoms with Gasteiger partial charge in [0.05, 0.1) is 16.0 Å². The normalized spacial score (nSPS) is 14.6. The van der Waals surface area contributed by atoms with E-state index in [1.807, 2.05) is 25.3 Å². The van der Waals surface area contributed by atoms with Gasteiger partial charge in [0, 0.05) is 23.1 Å². The number of rotatable bonds is 6. The van der Waals surface area contributed by atoms with Gasteiger partial charge in [0.15, 0.2) is 0 Å². The summed E-state index contributed by atoms with van der Waals surface area (Å²) in [6.45, 7) is 6.02. The van der Waals surface area contributed by atoms with E-state index in [1.165, 1.54) is 6.07 Å². The molecule has 0 atom stereocenters. The van der Waals surface area contributed by atoms with Crippen LogP contribution in [0.15, 0.2) is 41.3 Å². The van der Waals surface area contributed by atoms with Gasteiger partial charge in [0.25, 0.3) is 11.6 Å². The van der Waals surface area contributed by atoms with Crippen LogP contribution in [0.3, 0.4) is 0 Å². The fourth-order valence-electron chi connectivity index (χ4n) is 3.50. The minimum atomic E-state index is -0.820. The third kappa shape index (κ3) is 3.72. The molecule has 0 aliphatic carbocycles. The van der Waals surface area contributed by atoms with Crippen molar-refractivity contribution in [3.8, 4) is 0 Å². The molecule has 0 aromatic heterocycles. The molecule has 0 fully saturated rings. The van der Waals surface area contributed by atoms with E-state index in [0.717, 1.165) is 11.3 Å². The fraction of sp³-hybridized carbons (Fsp3) is 0.333. The number of nitro groups is 1. The maximum atomic E-state index is 12.8. The molecule has 2 aromatic carbocycles. The third-order valence-corrected chi connectivity index (χ3v) is 5.85. The summed E-state index contributed by atoms with van der Waals surface area (Å²) in [7, 11) is 0. The van der Waals surface area contributed by atoms with Crippen LogP contribution >= 0.6 is 11.8 Å². The van der Waals surface area contributed by atoms with E-state index in [0.29, 0.717) is 23.4 Å². The van der Waals surface area contributed by atoms with E-state index in [9.17, 15) is 19.7 Å². The summed E-state index contributed by atoms with van der Waals surface area (Å²) in [6.07, 6.45) is 2.67. The van der Waals surface area contributed by atoms with Crippen molar-refractivity contribution in [2.75, 3.05) is 23.0 Å². The lowest BCUT2D eigenvalue weighted by atomic mass is 9.85. The first-order valence-electron chi connectivity index (χ1n) is 9.31. The van der Waals surface area contributed by atoms with Crippen molar-refractivity contribution in [1.82, 2.24) is 0 Å². The van der Waals surface area contributed by atoms with Crippen LogP contribution in [0.25, 0.3) is 0 Å². The van der Waals surface area contributed by atoms with Crippen molar-refractivity contribution in [2.24, 2.45) is 0 Å². The standard InChI is InChI=1S/C21H23N3O4S/c1-5-10-23-17-12-18(24(27)28)16(11-15(17)21(2,3)20(23)26)22-19(25)13-6-8-14(29-4)9-7-13/h6-9,11-12H,5,10H2,1-4H3,(H,22,25). The first kappa shape index (κ1) is 20.9. The summed E-state index contributed by atoms with van der Waals surface area (Å²) >= 11 is 1.56. The molecular formula is C21H23N3O4S. The average molecular weight is 413 g/mol. The van der Waals surface area contributed by atoms with Crippen LogP contribution in [0.5, 0.6) is 0 Å². The molecule has 1 aliphatic heterocycles. The predicted molar refractivity (Wildman–Crippen MR) is 115 cm³/mol. The van der Waals surface area contributed by atoms with Crippen molar-refractivity contribution in [2.45, 2.75) is 37.5 Å². The van der Waals surface area contributed by atoms with Crippen molar-refractivity contribution >= 4 is 40.6 Å². The Morgan fingerprint density at radius 1 is 1.24 bits per heavy atom. The number of hydrogen-bond acceptors (Lipinski definition) is 5. The minimum absolute atomic E-state index is 0.0897. The van der Waals surface area contributed by atoms with Crippen LogP contribution in [-0.4, -0.2) is 29.5 Å². The van der Waals surface area contributed by atoms with Gasteiger partial charge in [-0.1, -0.05) is 6.92 Å². The number of nitrogens with one attached hydrogen (secondary N) is 1. The highest BCUT2D eigenvalue weighted by molar-refractivity contribution is 7.98. The Labute approximate surface area is 173 Å². The molecule has 152 valence electrons. The number of nitro benzene ring substituents is 1. The Kier molecular flexibility index (Phi) is 5.66. The topological polar surface area (TPSA) is 92.6 Å². The number of carbonyl (C=O) groups is 2. The molecule has 0 spiro atoms. The molecule has 2 aromatic rings.